The number of fused-ring (bicyclic) bond motifs is 1. The van der Waals surface area contributed by atoms with Gasteiger partial charge in [0.05, 0.1) is 0 Å². The van der Waals surface area contributed by atoms with Crippen LogP contribution in [0.5, 0.6) is 11.5 Å². The first kappa shape index (κ1) is 15.9. The van der Waals surface area contributed by atoms with Gasteiger partial charge in [-0.05, 0) is 49.2 Å². The highest BCUT2D eigenvalue weighted by molar-refractivity contribution is 5.56. The van der Waals surface area contributed by atoms with Crippen molar-refractivity contribution in [1.29, 1.82) is 0 Å². The quantitative estimate of drug-likeness (QED) is 0.868. The summed E-state index contributed by atoms with van der Waals surface area (Å²) in [5.74, 6) is 4.32. The number of ether oxygens (including phenoxy) is 2. The Morgan fingerprint density at radius 3 is 2.80 bits per heavy atom. The second-order valence-corrected chi connectivity index (χ2v) is 6.63. The molecule has 0 saturated carbocycles. The van der Waals surface area contributed by atoms with Gasteiger partial charge in [-0.25, -0.2) is 0 Å². The number of anilines is 1. The number of hydrogen-bond acceptors (Lipinski definition) is 4. The first-order chi connectivity index (χ1) is 12.3. The van der Waals surface area contributed by atoms with Crippen molar-refractivity contribution in [2.24, 2.45) is 0 Å². The highest BCUT2D eigenvalue weighted by atomic mass is 16.7. The van der Waals surface area contributed by atoms with E-state index in [-0.39, 0.29) is 0 Å². The molecule has 1 N–H and O–H groups in total. The largest absolute Gasteiger partial charge is 0.454 e. The number of benzene rings is 2. The van der Waals surface area contributed by atoms with Crippen LogP contribution in [-0.2, 0) is 6.54 Å². The van der Waals surface area contributed by atoms with Gasteiger partial charge in [0.25, 0.3) is 0 Å². The molecule has 2 aromatic rings. The molecule has 128 valence electrons. The predicted molar refractivity (Wildman–Crippen MR) is 98.9 cm³/mol. The number of hydrogen-bond donors (Lipinski definition) is 1. The lowest BCUT2D eigenvalue weighted by Gasteiger charge is -2.33. The molecule has 0 aliphatic carbocycles. The van der Waals surface area contributed by atoms with Gasteiger partial charge in [-0.3, -0.25) is 4.90 Å². The van der Waals surface area contributed by atoms with Gasteiger partial charge in [0.15, 0.2) is 11.5 Å². The lowest BCUT2D eigenvalue weighted by Crippen LogP contribution is -2.41. The van der Waals surface area contributed by atoms with Gasteiger partial charge in [-0.15, -0.1) is 6.42 Å². The van der Waals surface area contributed by atoms with E-state index >= 15 is 0 Å². The van der Waals surface area contributed by atoms with Gasteiger partial charge in [0, 0.05) is 36.4 Å². The monoisotopic (exact) mass is 334 g/mol. The molecule has 2 aliphatic rings. The van der Waals surface area contributed by atoms with Gasteiger partial charge in [0.1, 0.15) is 0 Å². The predicted octanol–water partition coefficient (Wildman–Crippen LogP) is 3.47. The zero-order valence-corrected chi connectivity index (χ0v) is 14.2. The minimum Gasteiger partial charge on any atom is -0.454 e. The summed E-state index contributed by atoms with van der Waals surface area (Å²) in [4.78, 5) is 2.50. The van der Waals surface area contributed by atoms with Crippen molar-refractivity contribution in [2.75, 3.05) is 25.2 Å². The highest BCUT2D eigenvalue weighted by Gasteiger charge is 2.21. The fourth-order valence-corrected chi connectivity index (χ4v) is 3.50. The third-order valence-corrected chi connectivity index (χ3v) is 4.78. The molecule has 2 aliphatic heterocycles. The molecule has 0 radical (unpaired) electrons. The fraction of sp³-hybridized carbons (Fsp3) is 0.333. The maximum absolute atomic E-state index is 5.46. The van der Waals surface area contributed by atoms with Gasteiger partial charge in [-0.1, -0.05) is 18.1 Å². The molecule has 0 bridgehead atoms. The summed E-state index contributed by atoms with van der Waals surface area (Å²) in [6.45, 7) is 3.44. The number of likely N-dealkylation sites (tertiary alicyclic amines) is 1. The molecule has 1 unspecified atom stereocenters. The maximum Gasteiger partial charge on any atom is 0.231 e. The number of rotatable bonds is 4. The van der Waals surface area contributed by atoms with Crippen LogP contribution >= 0.6 is 0 Å². The summed E-state index contributed by atoms with van der Waals surface area (Å²) in [7, 11) is 0. The normalized spacial score (nSPS) is 19.4. The average Bonchev–Trinajstić information content (AvgIpc) is 3.10. The van der Waals surface area contributed by atoms with Crippen LogP contribution in [0.4, 0.5) is 5.69 Å². The van der Waals surface area contributed by atoms with E-state index in [1.807, 2.05) is 24.3 Å². The van der Waals surface area contributed by atoms with Crippen LogP contribution in [0.1, 0.15) is 24.0 Å². The maximum atomic E-state index is 5.46. The van der Waals surface area contributed by atoms with Gasteiger partial charge < -0.3 is 14.8 Å². The van der Waals surface area contributed by atoms with Crippen molar-refractivity contribution in [2.45, 2.75) is 25.4 Å². The van der Waals surface area contributed by atoms with Crippen LogP contribution in [-0.4, -0.2) is 30.8 Å². The third-order valence-electron chi connectivity index (χ3n) is 4.78. The number of piperidine rings is 1. The Labute approximate surface area is 148 Å². The minimum atomic E-state index is 0.314. The summed E-state index contributed by atoms with van der Waals surface area (Å²) in [5, 5.41) is 3.64. The summed E-state index contributed by atoms with van der Waals surface area (Å²) in [6, 6.07) is 14.8. The van der Waals surface area contributed by atoms with E-state index in [9.17, 15) is 0 Å². The number of terminal acetylenes is 1. The Kier molecular flexibility index (Phi) is 4.49. The summed E-state index contributed by atoms with van der Waals surface area (Å²) in [6.07, 6.45) is 7.80. The molecule has 1 atom stereocenters. The molecule has 0 amide bonds. The lowest BCUT2D eigenvalue weighted by atomic mass is 10.0. The third kappa shape index (κ3) is 3.72. The van der Waals surface area contributed by atoms with E-state index < -0.39 is 0 Å². The second kappa shape index (κ2) is 7.08. The Balaban J connectivity index is 1.36. The van der Waals surface area contributed by atoms with Crippen molar-refractivity contribution in [3.05, 3.63) is 53.6 Å². The topological polar surface area (TPSA) is 33.7 Å². The van der Waals surface area contributed by atoms with Gasteiger partial charge in [-0.2, -0.15) is 0 Å². The molecule has 4 rings (SSSR count). The highest BCUT2D eigenvalue weighted by Crippen LogP contribution is 2.34. The Hall–Kier alpha value is -2.64. The fourth-order valence-electron chi connectivity index (χ4n) is 3.50. The average molecular weight is 334 g/mol. The van der Waals surface area contributed by atoms with E-state index in [0.29, 0.717) is 12.8 Å². The van der Waals surface area contributed by atoms with Crippen LogP contribution in [0, 0.1) is 12.3 Å². The smallest absolute Gasteiger partial charge is 0.231 e. The zero-order valence-electron chi connectivity index (χ0n) is 14.2. The van der Waals surface area contributed by atoms with Gasteiger partial charge in [0.2, 0.25) is 6.79 Å². The van der Waals surface area contributed by atoms with Gasteiger partial charge >= 0.3 is 0 Å². The molecule has 1 saturated heterocycles. The molecule has 0 spiro atoms. The molecule has 0 aromatic heterocycles. The lowest BCUT2D eigenvalue weighted by molar-refractivity contribution is 0.174. The number of nitrogens with zero attached hydrogens (tertiary/aromatic N) is 1. The Bertz CT molecular complexity index is 779. The van der Waals surface area contributed by atoms with E-state index in [2.05, 4.69) is 34.3 Å². The summed E-state index contributed by atoms with van der Waals surface area (Å²) >= 11 is 0. The van der Waals surface area contributed by atoms with E-state index in [1.165, 1.54) is 18.4 Å². The summed E-state index contributed by atoms with van der Waals surface area (Å²) in [5.41, 5.74) is 3.34. The molecular formula is C21H22N2O2. The first-order valence-corrected chi connectivity index (χ1v) is 8.74. The number of nitrogens with one attached hydrogen (secondary N) is 1. The van der Waals surface area contributed by atoms with Crippen molar-refractivity contribution in [3.63, 3.8) is 0 Å². The minimum absolute atomic E-state index is 0.314. The van der Waals surface area contributed by atoms with Crippen LogP contribution in [0.15, 0.2) is 42.5 Å². The van der Waals surface area contributed by atoms with Crippen molar-refractivity contribution in [3.8, 4) is 23.8 Å². The SMILES string of the molecule is C#Cc1ccc(CN2CCCC(Nc3ccc4c(c3)OCO4)C2)cc1. The van der Waals surface area contributed by atoms with E-state index in [0.717, 1.165) is 42.4 Å². The first-order valence-electron chi connectivity index (χ1n) is 8.74. The zero-order chi connectivity index (χ0) is 17.1. The van der Waals surface area contributed by atoms with Crippen LogP contribution in [0.2, 0.25) is 0 Å². The van der Waals surface area contributed by atoms with Crippen LogP contribution in [0.3, 0.4) is 0 Å². The Morgan fingerprint density at radius 2 is 1.96 bits per heavy atom. The molecule has 2 heterocycles. The molecule has 4 heteroatoms. The Morgan fingerprint density at radius 1 is 1.12 bits per heavy atom. The van der Waals surface area contributed by atoms with Crippen molar-refractivity contribution >= 4 is 5.69 Å². The van der Waals surface area contributed by atoms with Crippen LogP contribution < -0.4 is 14.8 Å². The summed E-state index contributed by atoms with van der Waals surface area (Å²) < 4.78 is 10.8. The van der Waals surface area contributed by atoms with Crippen LogP contribution in [0.25, 0.3) is 0 Å². The molecule has 2 aromatic carbocycles. The van der Waals surface area contributed by atoms with Crippen molar-refractivity contribution in [1.82, 2.24) is 4.90 Å². The van der Waals surface area contributed by atoms with E-state index in [1.54, 1.807) is 0 Å². The standard InChI is InChI=1S/C21H22N2O2/c1-2-16-5-7-17(8-6-16)13-23-11-3-4-19(14-23)22-18-9-10-20-21(12-18)25-15-24-20/h1,5-10,12,19,22H,3-4,11,13-15H2. The second-order valence-electron chi connectivity index (χ2n) is 6.63. The molecular weight excluding hydrogens is 312 g/mol. The molecule has 4 nitrogen and oxygen atoms in total. The van der Waals surface area contributed by atoms with Crippen molar-refractivity contribution < 1.29 is 9.47 Å². The van der Waals surface area contributed by atoms with E-state index in [4.69, 9.17) is 15.9 Å². The molecule has 1 fully saturated rings. The molecule has 25 heavy (non-hydrogen) atoms.